The van der Waals surface area contributed by atoms with Gasteiger partial charge in [-0.25, -0.2) is 13.4 Å². The van der Waals surface area contributed by atoms with Crippen molar-refractivity contribution < 1.29 is 22.7 Å². The van der Waals surface area contributed by atoms with Crippen LogP contribution in [0.15, 0.2) is 96.4 Å². The van der Waals surface area contributed by atoms with Gasteiger partial charge in [0.15, 0.2) is 0 Å². The predicted molar refractivity (Wildman–Crippen MR) is 136 cm³/mol. The molecular weight excluding hydrogens is 480 g/mol. The molecule has 36 heavy (non-hydrogen) atoms. The van der Waals surface area contributed by atoms with Crippen LogP contribution < -0.4 is 19.1 Å². The van der Waals surface area contributed by atoms with Crippen molar-refractivity contribution in [2.45, 2.75) is 11.4 Å². The molecule has 0 radical (unpaired) electrons. The zero-order valence-electron chi connectivity index (χ0n) is 19.9. The Morgan fingerprint density at radius 3 is 2.44 bits per heavy atom. The molecule has 186 valence electrons. The first kappa shape index (κ1) is 24.8. The maximum absolute atomic E-state index is 13.7. The van der Waals surface area contributed by atoms with E-state index in [0.29, 0.717) is 5.75 Å². The number of carbonyl (C=O) groups is 1. The Morgan fingerprint density at radius 1 is 1.00 bits per heavy atom. The SMILES string of the molecule is COc1ccc(OC)c(N(CC(=O)NCc2ccccc2-n2ccnc2)S(=O)(=O)c2ccccc2)c1. The zero-order chi connectivity index (χ0) is 25.5. The fourth-order valence-corrected chi connectivity index (χ4v) is 5.15. The lowest BCUT2D eigenvalue weighted by Gasteiger charge is -2.26. The molecule has 3 aromatic carbocycles. The third-order valence-corrected chi connectivity index (χ3v) is 7.30. The molecule has 0 saturated carbocycles. The van der Waals surface area contributed by atoms with Crippen LogP contribution in [0.5, 0.6) is 11.5 Å². The van der Waals surface area contributed by atoms with Gasteiger partial charge in [-0.1, -0.05) is 36.4 Å². The second kappa shape index (κ2) is 11.0. The van der Waals surface area contributed by atoms with Crippen LogP contribution in [0.3, 0.4) is 0 Å². The highest BCUT2D eigenvalue weighted by atomic mass is 32.2. The Morgan fingerprint density at radius 2 is 1.75 bits per heavy atom. The minimum absolute atomic E-state index is 0.0492. The highest BCUT2D eigenvalue weighted by molar-refractivity contribution is 7.92. The lowest BCUT2D eigenvalue weighted by atomic mass is 10.1. The molecule has 1 N–H and O–H groups in total. The molecule has 0 aliphatic carbocycles. The number of imidazole rings is 1. The molecule has 0 fully saturated rings. The summed E-state index contributed by atoms with van der Waals surface area (Å²) in [6.45, 7) is -0.268. The van der Waals surface area contributed by atoms with Crippen molar-refractivity contribution in [1.82, 2.24) is 14.9 Å². The third-order valence-electron chi connectivity index (χ3n) is 5.52. The Kier molecular flexibility index (Phi) is 7.55. The predicted octanol–water partition coefficient (Wildman–Crippen LogP) is 3.40. The summed E-state index contributed by atoms with van der Waals surface area (Å²) in [5, 5.41) is 2.84. The summed E-state index contributed by atoms with van der Waals surface area (Å²) < 4.78 is 40.9. The third kappa shape index (κ3) is 5.33. The minimum atomic E-state index is -4.11. The van der Waals surface area contributed by atoms with E-state index in [0.717, 1.165) is 15.6 Å². The van der Waals surface area contributed by atoms with Crippen molar-refractivity contribution in [3.63, 3.8) is 0 Å². The van der Waals surface area contributed by atoms with Gasteiger partial charge in [0.05, 0.1) is 36.8 Å². The molecule has 4 aromatic rings. The van der Waals surface area contributed by atoms with Crippen LogP contribution in [-0.4, -0.2) is 44.6 Å². The molecule has 0 aliphatic rings. The highest BCUT2D eigenvalue weighted by Gasteiger charge is 2.30. The first-order valence-electron chi connectivity index (χ1n) is 11.1. The normalized spacial score (nSPS) is 11.1. The van der Waals surface area contributed by atoms with E-state index < -0.39 is 22.5 Å². The number of anilines is 1. The van der Waals surface area contributed by atoms with Crippen LogP contribution in [-0.2, 0) is 21.4 Å². The van der Waals surface area contributed by atoms with E-state index in [1.165, 1.54) is 32.4 Å². The fourth-order valence-electron chi connectivity index (χ4n) is 3.70. The Balaban J connectivity index is 1.64. The molecule has 10 heteroatoms. The van der Waals surface area contributed by atoms with Gasteiger partial charge in [0.1, 0.15) is 18.0 Å². The van der Waals surface area contributed by atoms with Gasteiger partial charge in [-0.05, 0) is 35.9 Å². The van der Waals surface area contributed by atoms with E-state index in [4.69, 9.17) is 9.47 Å². The molecule has 0 unspecified atom stereocenters. The van der Waals surface area contributed by atoms with Gasteiger partial charge in [-0.2, -0.15) is 0 Å². The standard InChI is InChI=1S/C26H26N4O5S/c1-34-21-12-13-25(35-2)24(16-21)30(36(32,33)22-9-4-3-5-10-22)18-26(31)28-17-20-8-6-7-11-23(20)29-15-14-27-19-29/h3-16,19H,17-18H2,1-2H3,(H,28,31). The lowest BCUT2D eigenvalue weighted by molar-refractivity contribution is -0.119. The topological polar surface area (TPSA) is 103 Å². The molecule has 0 aliphatic heterocycles. The van der Waals surface area contributed by atoms with Crippen molar-refractivity contribution in [2.75, 3.05) is 25.1 Å². The number of hydrogen-bond acceptors (Lipinski definition) is 6. The summed E-state index contributed by atoms with van der Waals surface area (Å²) >= 11 is 0. The molecule has 0 spiro atoms. The second-order valence-electron chi connectivity index (χ2n) is 7.74. The summed E-state index contributed by atoms with van der Waals surface area (Å²) in [4.78, 5) is 17.2. The monoisotopic (exact) mass is 506 g/mol. The Bertz CT molecular complexity index is 1420. The van der Waals surface area contributed by atoms with E-state index in [2.05, 4.69) is 10.3 Å². The van der Waals surface area contributed by atoms with Gasteiger partial charge in [0.25, 0.3) is 10.0 Å². The van der Waals surface area contributed by atoms with E-state index in [1.54, 1.807) is 42.9 Å². The Hall–Kier alpha value is -4.31. The maximum atomic E-state index is 13.7. The minimum Gasteiger partial charge on any atom is -0.497 e. The zero-order valence-corrected chi connectivity index (χ0v) is 20.7. The van der Waals surface area contributed by atoms with E-state index >= 15 is 0 Å². The van der Waals surface area contributed by atoms with Crippen LogP contribution in [0.25, 0.3) is 5.69 Å². The summed E-state index contributed by atoms with van der Waals surface area (Å²) in [5.74, 6) is 0.224. The number of para-hydroxylation sites is 1. The molecule has 4 rings (SSSR count). The van der Waals surface area contributed by atoms with Crippen molar-refractivity contribution in [3.05, 3.63) is 97.1 Å². The van der Waals surface area contributed by atoms with Gasteiger partial charge >= 0.3 is 0 Å². The first-order valence-corrected chi connectivity index (χ1v) is 12.5. The van der Waals surface area contributed by atoms with Crippen LogP contribution in [0.4, 0.5) is 5.69 Å². The number of hydrogen-bond donors (Lipinski definition) is 1. The van der Waals surface area contributed by atoms with Crippen LogP contribution in [0.1, 0.15) is 5.56 Å². The molecule has 9 nitrogen and oxygen atoms in total. The first-order chi connectivity index (χ1) is 17.4. The molecule has 0 atom stereocenters. The number of methoxy groups -OCH3 is 2. The van der Waals surface area contributed by atoms with Crippen molar-refractivity contribution >= 4 is 21.6 Å². The molecule has 1 amide bonds. The number of ether oxygens (including phenoxy) is 2. The molecular formula is C26H26N4O5S. The van der Waals surface area contributed by atoms with Crippen molar-refractivity contribution in [2.24, 2.45) is 0 Å². The fraction of sp³-hybridized carbons (Fsp3) is 0.154. The summed E-state index contributed by atoms with van der Waals surface area (Å²) in [5.41, 5.74) is 1.90. The smallest absolute Gasteiger partial charge is 0.264 e. The van der Waals surface area contributed by atoms with Gasteiger partial charge < -0.3 is 19.4 Å². The number of sulfonamides is 1. The highest BCUT2D eigenvalue weighted by Crippen LogP contribution is 2.35. The van der Waals surface area contributed by atoms with Gasteiger partial charge in [-0.15, -0.1) is 0 Å². The van der Waals surface area contributed by atoms with Crippen LogP contribution >= 0.6 is 0 Å². The second-order valence-corrected chi connectivity index (χ2v) is 9.60. The molecule has 1 heterocycles. The number of rotatable bonds is 10. The number of nitrogens with zero attached hydrogens (tertiary/aromatic N) is 3. The summed E-state index contributed by atoms with van der Waals surface area (Å²) in [7, 11) is -1.19. The number of amides is 1. The quantitative estimate of drug-likeness (QED) is 0.354. The number of aromatic nitrogens is 2. The summed E-state index contributed by atoms with van der Waals surface area (Å²) in [6, 6.07) is 20.3. The van der Waals surface area contributed by atoms with Crippen LogP contribution in [0, 0.1) is 0 Å². The van der Waals surface area contributed by atoms with Gasteiger partial charge in [0.2, 0.25) is 5.91 Å². The van der Waals surface area contributed by atoms with Gasteiger partial charge in [-0.3, -0.25) is 9.10 Å². The number of benzene rings is 3. The summed E-state index contributed by atoms with van der Waals surface area (Å²) in [6.07, 6.45) is 5.15. The van der Waals surface area contributed by atoms with E-state index in [-0.39, 0.29) is 22.9 Å². The van der Waals surface area contributed by atoms with Crippen molar-refractivity contribution in [1.29, 1.82) is 0 Å². The van der Waals surface area contributed by atoms with Gasteiger partial charge in [0, 0.05) is 25.0 Å². The van der Waals surface area contributed by atoms with Crippen LogP contribution in [0.2, 0.25) is 0 Å². The molecule has 0 saturated heterocycles. The maximum Gasteiger partial charge on any atom is 0.264 e. The Labute approximate surface area is 210 Å². The van der Waals surface area contributed by atoms with E-state index in [9.17, 15) is 13.2 Å². The lowest BCUT2D eigenvalue weighted by Crippen LogP contribution is -2.41. The van der Waals surface area contributed by atoms with E-state index in [1.807, 2.05) is 35.0 Å². The average Bonchev–Trinajstić information content (AvgIpc) is 3.45. The number of carbonyl (C=O) groups excluding carboxylic acids is 1. The average molecular weight is 507 g/mol. The van der Waals surface area contributed by atoms with Crippen molar-refractivity contribution in [3.8, 4) is 17.2 Å². The number of nitrogens with one attached hydrogen (secondary N) is 1. The largest absolute Gasteiger partial charge is 0.497 e. The molecule has 1 aromatic heterocycles. The molecule has 0 bridgehead atoms.